The van der Waals surface area contributed by atoms with Gasteiger partial charge in [-0.3, -0.25) is 0 Å². The lowest BCUT2D eigenvalue weighted by Crippen LogP contribution is -2.14. The number of thiazole rings is 1. The van der Waals surface area contributed by atoms with Crippen LogP contribution in [0.25, 0.3) is 11.3 Å². The summed E-state index contributed by atoms with van der Waals surface area (Å²) in [6, 6.07) is 7.56. The van der Waals surface area contributed by atoms with Gasteiger partial charge in [-0.05, 0) is 25.0 Å². The van der Waals surface area contributed by atoms with E-state index in [2.05, 4.69) is 10.3 Å². The number of hydrogen-bond donors (Lipinski definition) is 1. The van der Waals surface area contributed by atoms with E-state index >= 15 is 0 Å². The van der Waals surface area contributed by atoms with Gasteiger partial charge in [0.1, 0.15) is 5.01 Å². The molecule has 4 nitrogen and oxygen atoms in total. The van der Waals surface area contributed by atoms with Gasteiger partial charge < -0.3 is 5.32 Å². The van der Waals surface area contributed by atoms with Crippen LogP contribution >= 0.6 is 11.3 Å². The van der Waals surface area contributed by atoms with Crippen molar-refractivity contribution in [2.24, 2.45) is 0 Å². The monoisotopic (exact) mass is 308 g/mol. The third kappa shape index (κ3) is 3.26. The van der Waals surface area contributed by atoms with Crippen LogP contribution in [0, 0.1) is 0 Å². The van der Waals surface area contributed by atoms with Gasteiger partial charge in [-0.1, -0.05) is 12.1 Å². The highest BCUT2D eigenvalue weighted by atomic mass is 32.2. The molecule has 1 fully saturated rings. The molecular formula is C14H16N2O2S2. The summed E-state index contributed by atoms with van der Waals surface area (Å²) in [7, 11) is -3.14. The minimum absolute atomic E-state index is 0.340. The molecule has 0 aliphatic heterocycles. The highest BCUT2D eigenvalue weighted by Gasteiger charge is 2.20. The largest absolute Gasteiger partial charge is 0.308 e. The van der Waals surface area contributed by atoms with E-state index in [-0.39, 0.29) is 0 Å². The first kappa shape index (κ1) is 13.7. The maximum Gasteiger partial charge on any atom is 0.175 e. The van der Waals surface area contributed by atoms with Crippen LogP contribution in [0.5, 0.6) is 0 Å². The van der Waals surface area contributed by atoms with E-state index in [1.807, 2.05) is 17.5 Å². The highest BCUT2D eigenvalue weighted by molar-refractivity contribution is 7.90. The van der Waals surface area contributed by atoms with Gasteiger partial charge in [0.05, 0.1) is 10.6 Å². The molecule has 1 N–H and O–H groups in total. The van der Waals surface area contributed by atoms with E-state index in [1.165, 1.54) is 19.1 Å². The molecule has 20 heavy (non-hydrogen) atoms. The predicted octanol–water partition coefficient (Wildman–Crippen LogP) is 2.47. The number of hydrogen-bond acceptors (Lipinski definition) is 5. The predicted molar refractivity (Wildman–Crippen MR) is 80.5 cm³/mol. The SMILES string of the molecule is CS(=O)(=O)c1ccc(-c2csc(CNC3CC3)n2)cc1. The minimum Gasteiger partial charge on any atom is -0.308 e. The van der Waals surface area contributed by atoms with Crippen molar-refractivity contribution >= 4 is 21.2 Å². The zero-order valence-corrected chi connectivity index (χ0v) is 12.8. The van der Waals surface area contributed by atoms with Crippen LogP contribution in [-0.2, 0) is 16.4 Å². The van der Waals surface area contributed by atoms with Crippen LogP contribution in [0.15, 0.2) is 34.5 Å². The van der Waals surface area contributed by atoms with Gasteiger partial charge in [0.25, 0.3) is 0 Å². The van der Waals surface area contributed by atoms with Crippen molar-refractivity contribution in [3.8, 4) is 11.3 Å². The Morgan fingerprint density at radius 3 is 2.60 bits per heavy atom. The number of nitrogens with zero attached hydrogens (tertiary/aromatic N) is 1. The molecule has 0 bridgehead atoms. The van der Waals surface area contributed by atoms with Crippen molar-refractivity contribution in [2.75, 3.05) is 6.26 Å². The number of aromatic nitrogens is 1. The molecule has 1 aromatic heterocycles. The molecule has 1 saturated carbocycles. The molecule has 1 aliphatic rings. The number of nitrogens with one attached hydrogen (secondary N) is 1. The maximum atomic E-state index is 11.4. The van der Waals surface area contributed by atoms with Crippen molar-refractivity contribution in [3.05, 3.63) is 34.7 Å². The Hall–Kier alpha value is -1.24. The summed E-state index contributed by atoms with van der Waals surface area (Å²) in [5, 5.41) is 6.52. The van der Waals surface area contributed by atoms with Crippen LogP contribution in [0.2, 0.25) is 0 Å². The Morgan fingerprint density at radius 1 is 1.30 bits per heavy atom. The first-order valence-electron chi connectivity index (χ1n) is 6.51. The standard InChI is InChI=1S/C14H16N2O2S2/c1-20(17,18)12-6-2-10(3-7-12)13-9-19-14(16-13)8-15-11-4-5-11/h2-3,6-7,9,11,15H,4-5,8H2,1H3. The molecule has 0 atom stereocenters. The summed E-state index contributed by atoms with van der Waals surface area (Å²) >= 11 is 1.63. The summed E-state index contributed by atoms with van der Waals surface area (Å²) in [5.74, 6) is 0. The van der Waals surface area contributed by atoms with Gasteiger partial charge in [0, 0.05) is 29.8 Å². The molecular weight excluding hydrogens is 292 g/mol. The van der Waals surface area contributed by atoms with Crippen molar-refractivity contribution in [2.45, 2.75) is 30.3 Å². The summed E-state index contributed by atoms with van der Waals surface area (Å²) < 4.78 is 22.8. The second kappa shape index (κ2) is 5.27. The third-order valence-corrected chi connectivity index (χ3v) is 5.23. The highest BCUT2D eigenvalue weighted by Crippen LogP contribution is 2.24. The van der Waals surface area contributed by atoms with E-state index in [0.717, 1.165) is 22.8 Å². The van der Waals surface area contributed by atoms with Gasteiger partial charge in [-0.2, -0.15) is 0 Å². The van der Waals surface area contributed by atoms with Crippen LogP contribution in [0.4, 0.5) is 0 Å². The number of sulfone groups is 1. The normalized spacial score (nSPS) is 15.4. The summed E-state index contributed by atoms with van der Waals surface area (Å²) in [6.45, 7) is 0.816. The smallest absolute Gasteiger partial charge is 0.175 e. The molecule has 1 aromatic carbocycles. The molecule has 0 spiro atoms. The molecule has 1 aliphatic carbocycles. The number of rotatable bonds is 5. The van der Waals surface area contributed by atoms with Crippen molar-refractivity contribution in [3.63, 3.8) is 0 Å². The molecule has 2 aromatic rings. The molecule has 0 radical (unpaired) electrons. The molecule has 1 heterocycles. The van der Waals surface area contributed by atoms with E-state index in [0.29, 0.717) is 10.9 Å². The van der Waals surface area contributed by atoms with Gasteiger partial charge in [-0.25, -0.2) is 13.4 Å². The van der Waals surface area contributed by atoms with Gasteiger partial charge in [0.2, 0.25) is 0 Å². The van der Waals surface area contributed by atoms with Crippen molar-refractivity contribution in [1.82, 2.24) is 10.3 Å². The first-order valence-corrected chi connectivity index (χ1v) is 9.28. The van der Waals surface area contributed by atoms with Gasteiger partial charge in [0.15, 0.2) is 9.84 Å². The van der Waals surface area contributed by atoms with E-state index in [4.69, 9.17) is 0 Å². The van der Waals surface area contributed by atoms with E-state index < -0.39 is 9.84 Å². The lowest BCUT2D eigenvalue weighted by molar-refractivity contribution is 0.602. The van der Waals surface area contributed by atoms with Crippen LogP contribution in [0.3, 0.4) is 0 Å². The molecule has 106 valence electrons. The van der Waals surface area contributed by atoms with Crippen molar-refractivity contribution < 1.29 is 8.42 Å². The Balaban J connectivity index is 1.75. The molecule has 3 rings (SSSR count). The topological polar surface area (TPSA) is 59.1 Å². The Bertz CT molecular complexity index is 701. The van der Waals surface area contributed by atoms with Gasteiger partial charge in [-0.15, -0.1) is 11.3 Å². The van der Waals surface area contributed by atoms with E-state index in [1.54, 1.807) is 23.5 Å². The molecule has 6 heteroatoms. The lowest BCUT2D eigenvalue weighted by atomic mass is 10.2. The fraction of sp³-hybridized carbons (Fsp3) is 0.357. The maximum absolute atomic E-state index is 11.4. The minimum atomic E-state index is -3.14. The second-order valence-corrected chi connectivity index (χ2v) is 8.04. The average molecular weight is 308 g/mol. The fourth-order valence-corrected chi connectivity index (χ4v) is 3.30. The fourth-order valence-electron chi connectivity index (χ4n) is 1.92. The third-order valence-electron chi connectivity index (χ3n) is 3.25. The molecule has 0 saturated heterocycles. The summed E-state index contributed by atoms with van der Waals surface area (Å²) in [6.07, 6.45) is 3.75. The average Bonchev–Trinajstić information content (AvgIpc) is 3.13. The Morgan fingerprint density at radius 2 is 2.00 bits per heavy atom. The van der Waals surface area contributed by atoms with E-state index in [9.17, 15) is 8.42 Å². The van der Waals surface area contributed by atoms with Crippen LogP contribution < -0.4 is 5.32 Å². The van der Waals surface area contributed by atoms with Crippen LogP contribution in [0.1, 0.15) is 17.8 Å². The molecule has 0 unspecified atom stereocenters. The summed E-state index contributed by atoms with van der Waals surface area (Å²) in [4.78, 5) is 4.92. The Labute approximate surface area is 122 Å². The summed E-state index contributed by atoms with van der Waals surface area (Å²) in [5.41, 5.74) is 1.86. The number of benzene rings is 1. The quantitative estimate of drug-likeness (QED) is 0.922. The van der Waals surface area contributed by atoms with Crippen LogP contribution in [-0.4, -0.2) is 25.7 Å². The molecule has 0 amide bonds. The second-order valence-electron chi connectivity index (χ2n) is 5.08. The zero-order chi connectivity index (χ0) is 14.2. The zero-order valence-electron chi connectivity index (χ0n) is 11.2. The Kier molecular flexibility index (Phi) is 3.62. The van der Waals surface area contributed by atoms with Crippen molar-refractivity contribution in [1.29, 1.82) is 0 Å². The first-order chi connectivity index (χ1) is 9.52. The van der Waals surface area contributed by atoms with Gasteiger partial charge >= 0.3 is 0 Å². The lowest BCUT2D eigenvalue weighted by Gasteiger charge is -2.00.